The molecule has 2 unspecified atom stereocenters. The summed E-state index contributed by atoms with van der Waals surface area (Å²) in [5, 5.41) is 10.7. The molecule has 0 radical (unpaired) electrons. The molecule has 2 aromatic rings. The zero-order valence-corrected chi connectivity index (χ0v) is 14.3. The molecule has 0 spiro atoms. The predicted molar refractivity (Wildman–Crippen MR) is 81.8 cm³/mol. The molecular weight excluding hydrogens is 400 g/mol. The van der Waals surface area contributed by atoms with E-state index in [2.05, 4.69) is 4.52 Å². The van der Waals surface area contributed by atoms with Crippen LogP contribution in [0.25, 0.3) is 0 Å². The SMILES string of the molecule is CC(NP(=O)(Oc1ccccc1)Oc1c(F)c(F)c(F)c(F)c1F)C(=O)O. The second kappa shape index (κ2) is 7.93. The van der Waals surface area contributed by atoms with Gasteiger partial charge in [0, 0.05) is 0 Å². The summed E-state index contributed by atoms with van der Waals surface area (Å²) in [6.45, 7) is 0.991. The highest BCUT2D eigenvalue weighted by molar-refractivity contribution is 7.52. The largest absolute Gasteiger partial charge is 0.513 e. The highest BCUT2D eigenvalue weighted by Gasteiger charge is 2.37. The lowest BCUT2D eigenvalue weighted by Crippen LogP contribution is -2.34. The molecule has 2 aromatic carbocycles. The second-order valence-corrected chi connectivity index (χ2v) is 6.70. The topological polar surface area (TPSA) is 84.9 Å². The molecule has 2 atom stereocenters. The van der Waals surface area contributed by atoms with E-state index in [9.17, 15) is 31.3 Å². The van der Waals surface area contributed by atoms with Gasteiger partial charge in [-0.3, -0.25) is 4.79 Å². The van der Waals surface area contributed by atoms with Crippen molar-refractivity contribution >= 4 is 13.7 Å². The summed E-state index contributed by atoms with van der Waals surface area (Å²) >= 11 is 0. The van der Waals surface area contributed by atoms with Gasteiger partial charge in [-0.1, -0.05) is 18.2 Å². The summed E-state index contributed by atoms with van der Waals surface area (Å²) in [5.41, 5.74) is 0. The molecule has 0 aliphatic heterocycles. The predicted octanol–water partition coefficient (Wildman–Crippen LogP) is 4.01. The van der Waals surface area contributed by atoms with Gasteiger partial charge >= 0.3 is 13.7 Å². The van der Waals surface area contributed by atoms with E-state index in [1.807, 2.05) is 5.09 Å². The van der Waals surface area contributed by atoms with Gasteiger partial charge in [-0.15, -0.1) is 0 Å². The Morgan fingerprint density at radius 1 is 0.963 bits per heavy atom. The van der Waals surface area contributed by atoms with Crippen LogP contribution in [0.15, 0.2) is 30.3 Å². The van der Waals surface area contributed by atoms with Gasteiger partial charge in [-0.2, -0.15) is 13.9 Å². The molecule has 0 saturated heterocycles. The van der Waals surface area contributed by atoms with Crippen LogP contribution in [0.2, 0.25) is 0 Å². The van der Waals surface area contributed by atoms with Gasteiger partial charge in [0.1, 0.15) is 11.8 Å². The van der Waals surface area contributed by atoms with E-state index in [-0.39, 0.29) is 5.75 Å². The van der Waals surface area contributed by atoms with Gasteiger partial charge in [-0.25, -0.2) is 17.7 Å². The highest BCUT2D eigenvalue weighted by Crippen LogP contribution is 2.47. The van der Waals surface area contributed by atoms with E-state index in [0.717, 1.165) is 6.92 Å². The Hall–Kier alpha value is -2.65. The van der Waals surface area contributed by atoms with Crippen molar-refractivity contribution in [3.05, 3.63) is 59.4 Å². The number of hydrogen-bond acceptors (Lipinski definition) is 4. The molecular formula is C15H11F5NO5P. The van der Waals surface area contributed by atoms with Crippen molar-refractivity contribution in [1.29, 1.82) is 0 Å². The van der Waals surface area contributed by atoms with E-state index < -0.39 is 54.6 Å². The number of carboxylic acids is 1. The maximum Gasteiger partial charge on any atom is 0.513 e. The van der Waals surface area contributed by atoms with Crippen LogP contribution in [0, 0.1) is 29.1 Å². The summed E-state index contributed by atoms with van der Waals surface area (Å²) in [5.74, 6) is -15.5. The highest BCUT2D eigenvalue weighted by atomic mass is 31.2. The Bertz CT molecular complexity index is 882. The molecule has 0 heterocycles. The van der Waals surface area contributed by atoms with Gasteiger partial charge in [0.2, 0.25) is 34.8 Å². The van der Waals surface area contributed by atoms with Crippen molar-refractivity contribution in [3.8, 4) is 11.5 Å². The minimum Gasteiger partial charge on any atom is -0.480 e. The first-order valence-corrected chi connectivity index (χ1v) is 8.66. The maximum atomic E-state index is 13.8. The minimum absolute atomic E-state index is 0.185. The monoisotopic (exact) mass is 411 g/mol. The molecule has 2 rings (SSSR count). The van der Waals surface area contributed by atoms with E-state index >= 15 is 0 Å². The third kappa shape index (κ3) is 4.55. The zero-order valence-electron chi connectivity index (χ0n) is 13.4. The summed E-state index contributed by atoms with van der Waals surface area (Å²) in [7, 11) is -4.95. The van der Waals surface area contributed by atoms with Crippen LogP contribution in [-0.4, -0.2) is 17.1 Å². The van der Waals surface area contributed by atoms with Crippen molar-refractivity contribution in [3.63, 3.8) is 0 Å². The number of aliphatic carboxylic acids is 1. The zero-order chi connectivity index (χ0) is 20.4. The normalized spacial score (nSPS) is 14.3. The fraction of sp³-hybridized carbons (Fsp3) is 0.133. The van der Waals surface area contributed by atoms with Crippen LogP contribution in [-0.2, 0) is 9.36 Å². The standard InChI is InChI=1S/C15H11F5NO5P/c1-7(15(22)23)21-27(24,25-8-5-3-2-4-6-8)26-14-12(19)10(17)9(16)11(18)13(14)20/h2-7H,1H3,(H,21,24)(H,22,23). The number of rotatable bonds is 7. The summed E-state index contributed by atoms with van der Waals surface area (Å²) < 4.78 is 89.5. The number of carbonyl (C=O) groups is 1. The summed E-state index contributed by atoms with van der Waals surface area (Å²) in [4.78, 5) is 11.0. The molecule has 27 heavy (non-hydrogen) atoms. The van der Waals surface area contributed by atoms with E-state index in [4.69, 9.17) is 9.63 Å². The maximum absolute atomic E-state index is 13.8. The fourth-order valence-electron chi connectivity index (χ4n) is 1.77. The lowest BCUT2D eigenvalue weighted by atomic mass is 10.3. The van der Waals surface area contributed by atoms with E-state index in [1.165, 1.54) is 30.3 Å². The molecule has 0 aliphatic carbocycles. The molecule has 146 valence electrons. The first-order chi connectivity index (χ1) is 12.6. The molecule has 0 aliphatic rings. The van der Waals surface area contributed by atoms with Crippen LogP contribution in [0.5, 0.6) is 11.5 Å². The first kappa shape index (κ1) is 20.7. The van der Waals surface area contributed by atoms with Crippen molar-refractivity contribution in [2.45, 2.75) is 13.0 Å². The van der Waals surface area contributed by atoms with Gasteiger partial charge in [0.25, 0.3) is 0 Å². The Balaban J connectivity index is 2.49. The van der Waals surface area contributed by atoms with Gasteiger partial charge in [0.05, 0.1) is 0 Å². The van der Waals surface area contributed by atoms with Gasteiger partial charge in [-0.05, 0) is 19.1 Å². The third-order valence-corrected chi connectivity index (χ3v) is 4.65. The molecule has 0 bridgehead atoms. The average molecular weight is 411 g/mol. The van der Waals surface area contributed by atoms with Crippen molar-refractivity contribution in [1.82, 2.24) is 5.09 Å². The molecule has 2 N–H and O–H groups in total. The summed E-state index contributed by atoms with van der Waals surface area (Å²) in [6, 6.07) is 5.22. The van der Waals surface area contributed by atoms with E-state index in [1.54, 1.807) is 0 Å². The fourth-order valence-corrected chi connectivity index (χ4v) is 3.30. The van der Waals surface area contributed by atoms with Gasteiger partial charge < -0.3 is 14.2 Å². The molecule has 0 aromatic heterocycles. The van der Waals surface area contributed by atoms with Crippen molar-refractivity contribution in [2.75, 3.05) is 0 Å². The number of nitrogens with one attached hydrogen (secondary N) is 1. The van der Waals surface area contributed by atoms with Crippen molar-refractivity contribution in [2.24, 2.45) is 0 Å². The molecule has 0 saturated carbocycles. The third-order valence-electron chi connectivity index (χ3n) is 3.07. The van der Waals surface area contributed by atoms with Gasteiger partial charge in [0.15, 0.2) is 0 Å². The number of carboxylic acid groups (broad SMARTS) is 1. The number of para-hydroxylation sites is 1. The smallest absolute Gasteiger partial charge is 0.480 e. The number of halogens is 5. The lowest BCUT2D eigenvalue weighted by molar-refractivity contribution is -0.138. The van der Waals surface area contributed by atoms with Crippen LogP contribution in [0.4, 0.5) is 22.0 Å². The first-order valence-electron chi connectivity index (χ1n) is 7.12. The van der Waals surface area contributed by atoms with Crippen LogP contribution in [0.3, 0.4) is 0 Å². The Labute approximate surface area is 149 Å². The Morgan fingerprint density at radius 2 is 1.44 bits per heavy atom. The van der Waals surface area contributed by atoms with E-state index in [0.29, 0.717) is 0 Å². The van der Waals surface area contributed by atoms with Crippen LogP contribution >= 0.6 is 7.75 Å². The van der Waals surface area contributed by atoms with Crippen molar-refractivity contribution < 1.29 is 45.5 Å². The van der Waals surface area contributed by atoms with Crippen LogP contribution in [0.1, 0.15) is 6.92 Å². The minimum atomic E-state index is -4.95. The molecule has 12 heteroatoms. The molecule has 0 amide bonds. The summed E-state index contributed by atoms with van der Waals surface area (Å²) in [6.07, 6.45) is 0. The number of benzene rings is 2. The lowest BCUT2D eigenvalue weighted by Gasteiger charge is -2.22. The van der Waals surface area contributed by atoms with Crippen LogP contribution < -0.4 is 14.1 Å². The Kier molecular flexibility index (Phi) is 6.07. The number of hydrogen-bond donors (Lipinski definition) is 2. The molecule has 6 nitrogen and oxygen atoms in total. The Morgan fingerprint density at radius 3 is 1.93 bits per heavy atom. The average Bonchev–Trinajstić information content (AvgIpc) is 2.62. The molecule has 0 fully saturated rings. The quantitative estimate of drug-likeness (QED) is 0.310. The second-order valence-electron chi connectivity index (χ2n) is 5.08.